The van der Waals surface area contributed by atoms with E-state index in [2.05, 4.69) is 5.32 Å². The highest BCUT2D eigenvalue weighted by molar-refractivity contribution is 5.78. The molecule has 0 bridgehead atoms. The van der Waals surface area contributed by atoms with E-state index in [-0.39, 0.29) is 19.1 Å². The number of ether oxygens (including phenoxy) is 1. The zero-order valence-electron chi connectivity index (χ0n) is 11.2. The standard InChI is InChI=1S/C14H21NO3/c1-11-5-4-6-12(7-11)8-13(16)15-9-14(2,17)10-18-3/h4-7,17H,8-10H2,1-3H3,(H,15,16)/t14-/m1/s1. The van der Waals surface area contributed by atoms with Crippen LogP contribution >= 0.6 is 0 Å². The van der Waals surface area contributed by atoms with Crippen molar-refractivity contribution in [3.63, 3.8) is 0 Å². The number of amides is 1. The van der Waals surface area contributed by atoms with Gasteiger partial charge in [-0.25, -0.2) is 0 Å². The molecule has 0 fully saturated rings. The molecular weight excluding hydrogens is 230 g/mol. The van der Waals surface area contributed by atoms with Gasteiger partial charge in [0.1, 0.15) is 5.60 Å². The average molecular weight is 251 g/mol. The van der Waals surface area contributed by atoms with Gasteiger partial charge in [0.15, 0.2) is 0 Å². The summed E-state index contributed by atoms with van der Waals surface area (Å²) >= 11 is 0. The second-order valence-electron chi connectivity index (χ2n) is 4.87. The van der Waals surface area contributed by atoms with Crippen LogP contribution in [0.25, 0.3) is 0 Å². The molecule has 0 saturated carbocycles. The van der Waals surface area contributed by atoms with Gasteiger partial charge in [-0.2, -0.15) is 0 Å². The summed E-state index contributed by atoms with van der Waals surface area (Å²) < 4.78 is 4.87. The summed E-state index contributed by atoms with van der Waals surface area (Å²) in [6.07, 6.45) is 0.324. The Morgan fingerprint density at radius 3 is 2.83 bits per heavy atom. The molecule has 0 heterocycles. The van der Waals surface area contributed by atoms with Crippen LogP contribution in [-0.2, 0) is 16.0 Å². The monoisotopic (exact) mass is 251 g/mol. The van der Waals surface area contributed by atoms with Crippen LogP contribution in [0, 0.1) is 6.92 Å². The third kappa shape index (κ3) is 5.29. The van der Waals surface area contributed by atoms with Gasteiger partial charge in [-0.3, -0.25) is 4.79 Å². The first-order valence-electron chi connectivity index (χ1n) is 5.96. The number of aliphatic hydroxyl groups is 1. The minimum atomic E-state index is -1.03. The van der Waals surface area contributed by atoms with Crippen molar-refractivity contribution in [2.45, 2.75) is 25.9 Å². The van der Waals surface area contributed by atoms with Crippen LogP contribution in [0.3, 0.4) is 0 Å². The summed E-state index contributed by atoms with van der Waals surface area (Å²) in [5.74, 6) is -0.100. The van der Waals surface area contributed by atoms with Gasteiger partial charge in [-0.05, 0) is 19.4 Å². The van der Waals surface area contributed by atoms with Crippen molar-refractivity contribution in [2.24, 2.45) is 0 Å². The number of hydrogen-bond donors (Lipinski definition) is 2. The van der Waals surface area contributed by atoms with Gasteiger partial charge in [0.2, 0.25) is 5.91 Å². The summed E-state index contributed by atoms with van der Waals surface area (Å²) in [4.78, 5) is 11.7. The Labute approximate surface area is 108 Å². The lowest BCUT2D eigenvalue weighted by molar-refractivity contribution is -0.122. The average Bonchev–Trinajstić information content (AvgIpc) is 2.26. The minimum absolute atomic E-state index is 0.100. The Bertz CT molecular complexity index is 402. The van der Waals surface area contributed by atoms with Gasteiger partial charge in [0.25, 0.3) is 0 Å². The van der Waals surface area contributed by atoms with Crippen molar-refractivity contribution < 1.29 is 14.6 Å². The van der Waals surface area contributed by atoms with Crippen LogP contribution in [0.4, 0.5) is 0 Å². The first-order valence-corrected chi connectivity index (χ1v) is 5.96. The normalized spacial score (nSPS) is 14.0. The second-order valence-corrected chi connectivity index (χ2v) is 4.87. The molecule has 1 rings (SSSR count). The van der Waals surface area contributed by atoms with Crippen LogP contribution in [0.15, 0.2) is 24.3 Å². The quantitative estimate of drug-likeness (QED) is 0.794. The Hall–Kier alpha value is -1.39. The first-order chi connectivity index (χ1) is 8.43. The van der Waals surface area contributed by atoms with Crippen molar-refractivity contribution in [1.29, 1.82) is 0 Å². The first kappa shape index (κ1) is 14.7. The molecule has 100 valence electrons. The molecule has 0 radical (unpaired) electrons. The van der Waals surface area contributed by atoms with E-state index in [1.54, 1.807) is 6.92 Å². The predicted octanol–water partition coefficient (Wildman–Crippen LogP) is 1.05. The van der Waals surface area contributed by atoms with Crippen molar-refractivity contribution >= 4 is 5.91 Å². The third-order valence-corrected chi connectivity index (χ3v) is 2.57. The van der Waals surface area contributed by atoms with E-state index in [4.69, 9.17) is 4.74 Å². The molecule has 2 N–H and O–H groups in total. The molecule has 18 heavy (non-hydrogen) atoms. The summed E-state index contributed by atoms with van der Waals surface area (Å²) in [6.45, 7) is 4.00. The molecule has 0 aliphatic carbocycles. The number of carbonyl (C=O) groups excluding carboxylic acids is 1. The Kier molecular flexibility index (Phi) is 5.31. The fourth-order valence-corrected chi connectivity index (χ4v) is 1.72. The minimum Gasteiger partial charge on any atom is -0.386 e. The summed E-state index contributed by atoms with van der Waals surface area (Å²) in [7, 11) is 1.52. The van der Waals surface area contributed by atoms with Gasteiger partial charge < -0.3 is 15.2 Å². The maximum atomic E-state index is 11.7. The number of aryl methyl sites for hydroxylation is 1. The van der Waals surface area contributed by atoms with Crippen molar-refractivity contribution in [3.8, 4) is 0 Å². The lowest BCUT2D eigenvalue weighted by Gasteiger charge is -2.22. The number of methoxy groups -OCH3 is 1. The van der Waals surface area contributed by atoms with Gasteiger partial charge in [0, 0.05) is 13.7 Å². The van der Waals surface area contributed by atoms with Crippen molar-refractivity contribution in [2.75, 3.05) is 20.3 Å². The largest absolute Gasteiger partial charge is 0.386 e. The number of nitrogens with one attached hydrogen (secondary N) is 1. The number of hydrogen-bond acceptors (Lipinski definition) is 3. The predicted molar refractivity (Wildman–Crippen MR) is 70.4 cm³/mol. The Morgan fingerprint density at radius 1 is 1.50 bits per heavy atom. The van der Waals surface area contributed by atoms with Crippen LogP contribution in [0.1, 0.15) is 18.1 Å². The lowest BCUT2D eigenvalue weighted by atomic mass is 10.1. The highest BCUT2D eigenvalue weighted by atomic mass is 16.5. The van der Waals surface area contributed by atoms with Crippen molar-refractivity contribution in [1.82, 2.24) is 5.32 Å². The van der Waals surface area contributed by atoms with E-state index in [9.17, 15) is 9.90 Å². The van der Waals surface area contributed by atoms with Gasteiger partial charge in [-0.1, -0.05) is 29.8 Å². The van der Waals surface area contributed by atoms with E-state index < -0.39 is 5.60 Å². The molecule has 0 aliphatic heterocycles. The van der Waals surface area contributed by atoms with Crippen LogP contribution in [0.5, 0.6) is 0 Å². The van der Waals surface area contributed by atoms with E-state index in [1.807, 2.05) is 31.2 Å². The van der Waals surface area contributed by atoms with Gasteiger partial charge in [0.05, 0.1) is 13.0 Å². The molecule has 0 aliphatic rings. The molecule has 0 aromatic heterocycles. The van der Waals surface area contributed by atoms with E-state index >= 15 is 0 Å². The maximum Gasteiger partial charge on any atom is 0.224 e. The maximum absolute atomic E-state index is 11.7. The molecular formula is C14H21NO3. The molecule has 0 spiro atoms. The highest BCUT2D eigenvalue weighted by Gasteiger charge is 2.20. The smallest absolute Gasteiger partial charge is 0.224 e. The molecule has 4 nitrogen and oxygen atoms in total. The highest BCUT2D eigenvalue weighted by Crippen LogP contribution is 2.05. The topological polar surface area (TPSA) is 58.6 Å². The SMILES string of the molecule is COC[C@](C)(O)CNC(=O)Cc1cccc(C)c1. The molecule has 1 aromatic carbocycles. The fraction of sp³-hybridized carbons (Fsp3) is 0.500. The van der Waals surface area contributed by atoms with Gasteiger partial charge in [-0.15, -0.1) is 0 Å². The van der Waals surface area contributed by atoms with Gasteiger partial charge >= 0.3 is 0 Å². The molecule has 4 heteroatoms. The second kappa shape index (κ2) is 6.52. The summed E-state index contributed by atoms with van der Waals surface area (Å²) in [6, 6.07) is 7.82. The molecule has 1 amide bonds. The summed E-state index contributed by atoms with van der Waals surface area (Å²) in [5.41, 5.74) is 1.07. The van der Waals surface area contributed by atoms with Crippen LogP contribution < -0.4 is 5.32 Å². The number of benzene rings is 1. The van der Waals surface area contributed by atoms with E-state index in [0.717, 1.165) is 11.1 Å². The Balaban J connectivity index is 2.43. The lowest BCUT2D eigenvalue weighted by Crippen LogP contribution is -2.44. The molecule has 0 unspecified atom stereocenters. The molecule has 0 saturated heterocycles. The fourth-order valence-electron chi connectivity index (χ4n) is 1.72. The van der Waals surface area contributed by atoms with Crippen LogP contribution in [-0.4, -0.2) is 36.9 Å². The Morgan fingerprint density at radius 2 is 2.22 bits per heavy atom. The zero-order valence-corrected chi connectivity index (χ0v) is 11.2. The van der Waals surface area contributed by atoms with E-state index in [1.165, 1.54) is 7.11 Å². The third-order valence-electron chi connectivity index (χ3n) is 2.57. The molecule has 1 aromatic rings. The molecule has 1 atom stereocenters. The summed E-state index contributed by atoms with van der Waals surface area (Å²) in [5, 5.41) is 12.5. The number of rotatable bonds is 6. The van der Waals surface area contributed by atoms with Crippen molar-refractivity contribution in [3.05, 3.63) is 35.4 Å². The van der Waals surface area contributed by atoms with E-state index in [0.29, 0.717) is 6.42 Å². The number of carbonyl (C=O) groups is 1. The zero-order chi connectivity index (χ0) is 13.6. The van der Waals surface area contributed by atoms with Crippen LogP contribution in [0.2, 0.25) is 0 Å².